The number of amides is 1. The van der Waals surface area contributed by atoms with E-state index < -0.39 is 23.4 Å². The standard InChI is InChI=1S/C14H10BrF3N2O/c1-6-2-7(19)3-8(13(6)18)14(21)20-12-5-10(16)9(15)4-11(12)17/h2-5H,19H2,1H3,(H,20,21). The Hall–Kier alpha value is -2.02. The topological polar surface area (TPSA) is 55.1 Å². The molecular formula is C14H10BrF3N2O. The minimum absolute atomic E-state index is 0.0796. The molecule has 0 heterocycles. The Balaban J connectivity index is 2.37. The summed E-state index contributed by atoms with van der Waals surface area (Å²) in [5.41, 5.74) is 5.20. The van der Waals surface area contributed by atoms with E-state index in [1.54, 1.807) is 0 Å². The van der Waals surface area contributed by atoms with Gasteiger partial charge in [0.2, 0.25) is 0 Å². The summed E-state index contributed by atoms with van der Waals surface area (Å²) in [5.74, 6) is -3.28. The summed E-state index contributed by atoms with van der Waals surface area (Å²) in [5, 5.41) is 2.12. The quantitative estimate of drug-likeness (QED) is 0.629. The largest absolute Gasteiger partial charge is 0.399 e. The van der Waals surface area contributed by atoms with Crippen molar-refractivity contribution >= 4 is 33.2 Å². The van der Waals surface area contributed by atoms with Crippen molar-refractivity contribution in [1.29, 1.82) is 0 Å². The zero-order chi connectivity index (χ0) is 15.7. The van der Waals surface area contributed by atoms with Crippen LogP contribution in [0.3, 0.4) is 0 Å². The van der Waals surface area contributed by atoms with Crippen LogP contribution in [0.2, 0.25) is 0 Å². The van der Waals surface area contributed by atoms with Crippen molar-refractivity contribution in [2.75, 3.05) is 11.1 Å². The minimum atomic E-state index is -0.913. The van der Waals surface area contributed by atoms with E-state index in [9.17, 15) is 18.0 Å². The third-order valence-electron chi connectivity index (χ3n) is 2.78. The second-order valence-electron chi connectivity index (χ2n) is 4.40. The van der Waals surface area contributed by atoms with Gasteiger partial charge in [0.05, 0.1) is 15.7 Å². The molecule has 0 spiro atoms. The van der Waals surface area contributed by atoms with Crippen LogP contribution < -0.4 is 11.1 Å². The predicted molar refractivity (Wildman–Crippen MR) is 77.6 cm³/mol. The Kier molecular flexibility index (Phi) is 4.22. The molecule has 0 radical (unpaired) electrons. The van der Waals surface area contributed by atoms with Gasteiger partial charge in [0.1, 0.15) is 17.5 Å². The van der Waals surface area contributed by atoms with Crippen LogP contribution in [0.15, 0.2) is 28.7 Å². The molecule has 0 saturated carbocycles. The number of rotatable bonds is 2. The van der Waals surface area contributed by atoms with E-state index in [1.165, 1.54) is 13.0 Å². The molecule has 3 N–H and O–H groups in total. The van der Waals surface area contributed by atoms with E-state index >= 15 is 0 Å². The van der Waals surface area contributed by atoms with Gasteiger partial charge in [-0.15, -0.1) is 0 Å². The first-order valence-electron chi connectivity index (χ1n) is 5.81. The minimum Gasteiger partial charge on any atom is -0.399 e. The lowest BCUT2D eigenvalue weighted by Gasteiger charge is -2.10. The monoisotopic (exact) mass is 358 g/mol. The van der Waals surface area contributed by atoms with Crippen LogP contribution in [0, 0.1) is 24.4 Å². The summed E-state index contributed by atoms with van der Waals surface area (Å²) >= 11 is 2.82. The van der Waals surface area contributed by atoms with E-state index in [2.05, 4.69) is 21.2 Å². The van der Waals surface area contributed by atoms with Crippen LogP contribution in [-0.2, 0) is 0 Å². The average Bonchev–Trinajstić information content (AvgIpc) is 2.40. The van der Waals surface area contributed by atoms with Crippen molar-refractivity contribution in [3.05, 3.63) is 57.3 Å². The number of nitrogens with one attached hydrogen (secondary N) is 1. The fourth-order valence-electron chi connectivity index (χ4n) is 1.77. The number of halogens is 4. The highest BCUT2D eigenvalue weighted by molar-refractivity contribution is 9.10. The third-order valence-corrected chi connectivity index (χ3v) is 3.39. The van der Waals surface area contributed by atoms with Crippen LogP contribution in [0.1, 0.15) is 15.9 Å². The van der Waals surface area contributed by atoms with Gasteiger partial charge < -0.3 is 11.1 Å². The van der Waals surface area contributed by atoms with Crippen molar-refractivity contribution < 1.29 is 18.0 Å². The number of hydrogen-bond donors (Lipinski definition) is 2. The third kappa shape index (κ3) is 3.18. The van der Waals surface area contributed by atoms with E-state index in [1.807, 2.05) is 0 Å². The van der Waals surface area contributed by atoms with Gasteiger partial charge in [-0.05, 0) is 46.6 Å². The summed E-state index contributed by atoms with van der Waals surface area (Å²) in [4.78, 5) is 12.0. The van der Waals surface area contributed by atoms with Crippen molar-refractivity contribution in [3.63, 3.8) is 0 Å². The molecule has 0 unspecified atom stereocenters. The van der Waals surface area contributed by atoms with Crippen LogP contribution in [0.4, 0.5) is 24.5 Å². The highest BCUT2D eigenvalue weighted by atomic mass is 79.9. The highest BCUT2D eigenvalue weighted by Gasteiger charge is 2.17. The molecule has 2 rings (SSSR count). The van der Waals surface area contributed by atoms with Gasteiger partial charge in [0.25, 0.3) is 5.91 Å². The Morgan fingerprint density at radius 1 is 1.14 bits per heavy atom. The molecule has 0 aromatic heterocycles. The van der Waals surface area contributed by atoms with Gasteiger partial charge in [0.15, 0.2) is 0 Å². The predicted octanol–water partition coefficient (Wildman–Crippen LogP) is 4.01. The molecule has 0 saturated heterocycles. The Morgan fingerprint density at radius 3 is 2.48 bits per heavy atom. The lowest BCUT2D eigenvalue weighted by atomic mass is 10.1. The van der Waals surface area contributed by atoms with Gasteiger partial charge in [-0.3, -0.25) is 4.79 Å². The van der Waals surface area contributed by atoms with Gasteiger partial charge in [0, 0.05) is 11.8 Å². The SMILES string of the molecule is Cc1cc(N)cc(C(=O)Nc2cc(F)c(Br)cc2F)c1F. The normalized spacial score (nSPS) is 10.5. The first-order chi connectivity index (χ1) is 9.79. The second kappa shape index (κ2) is 5.77. The molecule has 2 aromatic carbocycles. The summed E-state index contributed by atoms with van der Waals surface area (Å²) < 4.78 is 40.8. The molecule has 21 heavy (non-hydrogen) atoms. The number of hydrogen-bond acceptors (Lipinski definition) is 2. The molecule has 0 atom stereocenters. The molecule has 7 heteroatoms. The number of anilines is 2. The number of carbonyl (C=O) groups excluding carboxylic acids is 1. The molecule has 0 aliphatic rings. The molecule has 110 valence electrons. The van der Waals surface area contributed by atoms with E-state index in [0.717, 1.165) is 18.2 Å². The maximum atomic E-state index is 13.9. The van der Waals surface area contributed by atoms with E-state index in [0.29, 0.717) is 0 Å². The zero-order valence-electron chi connectivity index (χ0n) is 10.8. The molecule has 3 nitrogen and oxygen atoms in total. The zero-order valence-corrected chi connectivity index (χ0v) is 12.4. The molecule has 0 bridgehead atoms. The van der Waals surface area contributed by atoms with Crippen LogP contribution >= 0.6 is 15.9 Å². The van der Waals surface area contributed by atoms with Crippen molar-refractivity contribution in [3.8, 4) is 0 Å². The van der Waals surface area contributed by atoms with Crippen molar-refractivity contribution in [1.82, 2.24) is 0 Å². The van der Waals surface area contributed by atoms with Gasteiger partial charge >= 0.3 is 0 Å². The van der Waals surface area contributed by atoms with Crippen LogP contribution in [0.5, 0.6) is 0 Å². The van der Waals surface area contributed by atoms with Gasteiger partial charge in [-0.1, -0.05) is 0 Å². The molecule has 1 amide bonds. The smallest absolute Gasteiger partial charge is 0.258 e. The van der Waals surface area contributed by atoms with Crippen molar-refractivity contribution in [2.24, 2.45) is 0 Å². The van der Waals surface area contributed by atoms with Gasteiger partial charge in [-0.2, -0.15) is 0 Å². The first-order valence-corrected chi connectivity index (χ1v) is 6.60. The molecule has 0 fully saturated rings. The van der Waals surface area contributed by atoms with E-state index in [4.69, 9.17) is 5.73 Å². The number of aryl methyl sites for hydroxylation is 1. The summed E-state index contributed by atoms with van der Waals surface area (Å²) in [6.45, 7) is 1.45. The number of nitrogens with two attached hydrogens (primary N) is 1. The summed E-state index contributed by atoms with van der Waals surface area (Å²) in [7, 11) is 0. The fraction of sp³-hybridized carbons (Fsp3) is 0.0714. The first kappa shape index (κ1) is 15.4. The Bertz CT molecular complexity index is 735. The average molecular weight is 359 g/mol. The highest BCUT2D eigenvalue weighted by Crippen LogP contribution is 2.25. The second-order valence-corrected chi connectivity index (χ2v) is 5.25. The molecule has 0 aliphatic heterocycles. The Morgan fingerprint density at radius 2 is 1.81 bits per heavy atom. The Labute approximate surface area is 127 Å². The fourth-order valence-corrected chi connectivity index (χ4v) is 2.09. The maximum absolute atomic E-state index is 13.9. The lowest BCUT2D eigenvalue weighted by molar-refractivity contribution is 0.102. The van der Waals surface area contributed by atoms with E-state index in [-0.39, 0.29) is 27.0 Å². The molecular weight excluding hydrogens is 349 g/mol. The summed E-state index contributed by atoms with van der Waals surface area (Å²) in [6.07, 6.45) is 0. The molecule has 2 aromatic rings. The molecule has 0 aliphatic carbocycles. The summed E-state index contributed by atoms with van der Waals surface area (Å²) in [6, 6.07) is 4.16. The number of nitrogen functional groups attached to an aromatic ring is 1. The van der Waals surface area contributed by atoms with Crippen LogP contribution in [-0.4, -0.2) is 5.91 Å². The number of benzene rings is 2. The van der Waals surface area contributed by atoms with Gasteiger partial charge in [-0.25, -0.2) is 13.2 Å². The van der Waals surface area contributed by atoms with Crippen molar-refractivity contribution in [2.45, 2.75) is 6.92 Å². The lowest BCUT2D eigenvalue weighted by Crippen LogP contribution is -2.16. The van der Waals surface area contributed by atoms with Crippen LogP contribution in [0.25, 0.3) is 0 Å². The number of carbonyl (C=O) groups is 1. The maximum Gasteiger partial charge on any atom is 0.258 e.